The monoisotopic (exact) mass is 320 g/mol. The van der Waals surface area contributed by atoms with Crippen molar-refractivity contribution < 1.29 is 14.6 Å². The lowest BCUT2D eigenvalue weighted by Crippen LogP contribution is -2.44. The molecule has 2 rings (SSSR count). The summed E-state index contributed by atoms with van der Waals surface area (Å²) in [6.07, 6.45) is 3.35. The first kappa shape index (κ1) is 17.6. The Kier molecular flexibility index (Phi) is 6.28. The number of urea groups is 1. The number of carbonyl (C=O) groups is 1. The summed E-state index contributed by atoms with van der Waals surface area (Å²) < 4.78 is 5.62. The predicted octanol–water partition coefficient (Wildman–Crippen LogP) is 3.00. The lowest BCUT2D eigenvalue weighted by atomic mass is 9.79. The molecule has 1 unspecified atom stereocenters. The van der Waals surface area contributed by atoms with E-state index in [1.807, 2.05) is 24.3 Å². The molecule has 0 aliphatic carbocycles. The van der Waals surface area contributed by atoms with Crippen molar-refractivity contribution in [2.24, 2.45) is 5.41 Å². The van der Waals surface area contributed by atoms with E-state index < -0.39 is 0 Å². The number of benzene rings is 1. The molecule has 1 heterocycles. The van der Waals surface area contributed by atoms with Crippen molar-refractivity contribution in [2.45, 2.75) is 45.6 Å². The minimum atomic E-state index is -0.157. The van der Waals surface area contributed by atoms with Gasteiger partial charge in [-0.15, -0.1) is 0 Å². The quantitative estimate of drug-likeness (QED) is 0.723. The summed E-state index contributed by atoms with van der Waals surface area (Å²) in [5.41, 5.74) is 1.00. The van der Waals surface area contributed by atoms with Crippen LogP contribution in [0, 0.1) is 5.41 Å². The third-order valence-corrected chi connectivity index (χ3v) is 5.03. The molecule has 1 atom stereocenters. The summed E-state index contributed by atoms with van der Waals surface area (Å²) in [5, 5.41) is 15.3. The van der Waals surface area contributed by atoms with Gasteiger partial charge in [0.1, 0.15) is 5.75 Å². The Labute approximate surface area is 138 Å². The Balaban J connectivity index is 1.93. The van der Waals surface area contributed by atoms with Gasteiger partial charge in [-0.25, -0.2) is 4.79 Å². The van der Waals surface area contributed by atoms with E-state index >= 15 is 0 Å². The Bertz CT molecular complexity index is 515. The Morgan fingerprint density at radius 1 is 1.35 bits per heavy atom. The molecule has 1 aliphatic rings. The summed E-state index contributed by atoms with van der Waals surface area (Å²) in [7, 11) is 0. The highest BCUT2D eigenvalue weighted by atomic mass is 16.5. The van der Waals surface area contributed by atoms with E-state index in [9.17, 15) is 9.90 Å². The zero-order valence-corrected chi connectivity index (χ0v) is 14.1. The highest BCUT2D eigenvalue weighted by Crippen LogP contribution is 2.32. The minimum Gasteiger partial charge on any atom is -0.493 e. The second kappa shape index (κ2) is 8.20. The summed E-state index contributed by atoms with van der Waals surface area (Å²) >= 11 is 0. The molecule has 2 amide bonds. The molecule has 1 aromatic rings. The maximum absolute atomic E-state index is 12.3. The Morgan fingerprint density at radius 2 is 2.09 bits per heavy atom. The van der Waals surface area contributed by atoms with E-state index in [0.29, 0.717) is 19.6 Å². The van der Waals surface area contributed by atoms with Gasteiger partial charge in [-0.2, -0.15) is 0 Å². The second-order valence-electron chi connectivity index (χ2n) is 6.24. The molecule has 0 fully saturated rings. The van der Waals surface area contributed by atoms with Crippen LogP contribution in [0.3, 0.4) is 0 Å². The summed E-state index contributed by atoms with van der Waals surface area (Å²) in [6, 6.07) is 7.65. The van der Waals surface area contributed by atoms with Crippen molar-refractivity contribution >= 4 is 6.03 Å². The van der Waals surface area contributed by atoms with E-state index in [0.717, 1.165) is 30.6 Å². The van der Waals surface area contributed by atoms with Crippen molar-refractivity contribution in [3.63, 3.8) is 0 Å². The third-order valence-electron chi connectivity index (χ3n) is 5.03. The van der Waals surface area contributed by atoms with Crippen LogP contribution in [0.2, 0.25) is 0 Å². The van der Waals surface area contributed by atoms with Gasteiger partial charge in [-0.3, -0.25) is 0 Å². The van der Waals surface area contributed by atoms with Crippen molar-refractivity contribution in [3.8, 4) is 5.75 Å². The van der Waals surface area contributed by atoms with Gasteiger partial charge in [-0.05, 0) is 30.7 Å². The summed E-state index contributed by atoms with van der Waals surface area (Å²) in [4.78, 5) is 12.3. The molecule has 1 aromatic carbocycles. The predicted molar refractivity (Wildman–Crippen MR) is 90.5 cm³/mol. The van der Waals surface area contributed by atoms with Gasteiger partial charge in [0.25, 0.3) is 0 Å². The molecule has 0 saturated heterocycles. The number of carbonyl (C=O) groups excluding carboxylic acids is 1. The first-order valence-corrected chi connectivity index (χ1v) is 8.51. The van der Waals surface area contributed by atoms with Crippen molar-refractivity contribution in [1.82, 2.24) is 10.6 Å². The van der Waals surface area contributed by atoms with Crippen molar-refractivity contribution in [3.05, 3.63) is 29.8 Å². The van der Waals surface area contributed by atoms with Crippen LogP contribution in [0.1, 0.15) is 51.1 Å². The van der Waals surface area contributed by atoms with Crippen LogP contribution in [0.25, 0.3) is 0 Å². The van der Waals surface area contributed by atoms with E-state index in [2.05, 4.69) is 24.5 Å². The molecule has 5 heteroatoms. The number of hydrogen-bond acceptors (Lipinski definition) is 3. The maximum Gasteiger partial charge on any atom is 0.315 e. The first-order valence-electron chi connectivity index (χ1n) is 8.51. The number of amides is 2. The first-order chi connectivity index (χ1) is 11.1. The molecule has 0 aromatic heterocycles. The third kappa shape index (κ3) is 4.38. The van der Waals surface area contributed by atoms with Gasteiger partial charge in [0.05, 0.1) is 12.6 Å². The number of aliphatic hydroxyl groups is 1. The molecular formula is C18H28N2O3. The topological polar surface area (TPSA) is 70.6 Å². The molecule has 5 nitrogen and oxygen atoms in total. The number of nitrogens with one attached hydrogen (secondary N) is 2. The van der Waals surface area contributed by atoms with Crippen LogP contribution in [-0.2, 0) is 0 Å². The van der Waals surface area contributed by atoms with Crippen LogP contribution in [0.5, 0.6) is 5.75 Å². The standard InChI is InChI=1S/C18H28N2O3/c1-3-18(4-2,10-11-21)13-19-17(22)20-15-9-12-23-16-8-6-5-7-14(15)16/h5-8,15,21H,3-4,9-13H2,1-2H3,(H2,19,20,22). The molecule has 0 radical (unpaired) electrons. The largest absolute Gasteiger partial charge is 0.493 e. The maximum atomic E-state index is 12.3. The van der Waals surface area contributed by atoms with Gasteiger partial charge in [0, 0.05) is 25.1 Å². The van der Waals surface area contributed by atoms with E-state index in [1.165, 1.54) is 0 Å². The molecular weight excluding hydrogens is 292 g/mol. The number of aliphatic hydroxyl groups excluding tert-OH is 1. The Morgan fingerprint density at radius 3 is 2.78 bits per heavy atom. The highest BCUT2D eigenvalue weighted by Gasteiger charge is 2.27. The zero-order chi connectivity index (χ0) is 16.7. The van der Waals surface area contributed by atoms with Crippen molar-refractivity contribution in [2.75, 3.05) is 19.8 Å². The second-order valence-corrected chi connectivity index (χ2v) is 6.24. The SMILES string of the molecule is CCC(CC)(CCO)CNC(=O)NC1CCOc2ccccc21. The number of fused-ring (bicyclic) bond motifs is 1. The lowest BCUT2D eigenvalue weighted by molar-refractivity contribution is 0.162. The van der Waals surface area contributed by atoms with Crippen LogP contribution in [0.15, 0.2) is 24.3 Å². The van der Waals surface area contributed by atoms with Gasteiger partial charge < -0.3 is 20.5 Å². The lowest BCUT2D eigenvalue weighted by Gasteiger charge is -2.32. The molecule has 1 aliphatic heterocycles. The summed E-state index contributed by atoms with van der Waals surface area (Å²) in [5.74, 6) is 0.848. The molecule has 0 saturated carbocycles. The van der Waals surface area contributed by atoms with Gasteiger partial charge in [-0.1, -0.05) is 32.0 Å². The smallest absolute Gasteiger partial charge is 0.315 e. The van der Waals surface area contributed by atoms with E-state index in [1.54, 1.807) is 0 Å². The Hall–Kier alpha value is -1.75. The van der Waals surface area contributed by atoms with Crippen LogP contribution < -0.4 is 15.4 Å². The zero-order valence-electron chi connectivity index (χ0n) is 14.1. The fourth-order valence-corrected chi connectivity index (χ4v) is 3.15. The van der Waals surface area contributed by atoms with Crippen molar-refractivity contribution in [1.29, 1.82) is 0 Å². The average Bonchev–Trinajstić information content (AvgIpc) is 2.59. The number of rotatable bonds is 7. The number of hydrogen-bond donors (Lipinski definition) is 3. The highest BCUT2D eigenvalue weighted by molar-refractivity contribution is 5.74. The fraction of sp³-hybridized carbons (Fsp3) is 0.611. The molecule has 23 heavy (non-hydrogen) atoms. The fourth-order valence-electron chi connectivity index (χ4n) is 3.15. The van der Waals surface area contributed by atoms with E-state index in [-0.39, 0.29) is 24.1 Å². The van der Waals surface area contributed by atoms with Gasteiger partial charge in [0.15, 0.2) is 0 Å². The number of para-hydroxylation sites is 1. The molecule has 0 spiro atoms. The van der Waals surface area contributed by atoms with Crippen LogP contribution in [-0.4, -0.2) is 30.9 Å². The van der Waals surface area contributed by atoms with E-state index in [4.69, 9.17) is 4.74 Å². The molecule has 0 bridgehead atoms. The van der Waals surface area contributed by atoms with Crippen LogP contribution >= 0.6 is 0 Å². The van der Waals surface area contributed by atoms with Gasteiger partial charge >= 0.3 is 6.03 Å². The van der Waals surface area contributed by atoms with Crippen LogP contribution in [0.4, 0.5) is 4.79 Å². The normalized spacial score (nSPS) is 17.1. The molecule has 3 N–H and O–H groups in total. The number of ether oxygens (including phenoxy) is 1. The summed E-state index contributed by atoms with van der Waals surface area (Å²) in [6.45, 7) is 5.55. The molecule has 128 valence electrons. The average molecular weight is 320 g/mol. The van der Waals surface area contributed by atoms with Gasteiger partial charge in [0.2, 0.25) is 0 Å². The minimum absolute atomic E-state index is 0.0181.